The summed E-state index contributed by atoms with van der Waals surface area (Å²) in [5.74, 6) is -0.567. The molecule has 1 aliphatic heterocycles. The van der Waals surface area contributed by atoms with Crippen LogP contribution < -0.4 is 10.6 Å². The number of hydrogen-bond donors (Lipinski definition) is 2. The molecular formula is C13H18ClFN2O. The van der Waals surface area contributed by atoms with Gasteiger partial charge in [0.05, 0.1) is 11.2 Å². The van der Waals surface area contributed by atoms with E-state index in [-0.39, 0.29) is 24.0 Å². The third kappa shape index (κ3) is 3.21. The highest BCUT2D eigenvalue weighted by Gasteiger charge is 2.34. The first-order chi connectivity index (χ1) is 8.12. The Labute approximate surface area is 113 Å². The first-order valence-electron chi connectivity index (χ1n) is 5.93. The minimum Gasteiger partial charge on any atom is -0.322 e. The summed E-state index contributed by atoms with van der Waals surface area (Å²) in [6.07, 6.45) is 2.89. The Morgan fingerprint density at radius 1 is 1.39 bits per heavy atom. The molecule has 0 spiro atoms. The van der Waals surface area contributed by atoms with E-state index in [4.69, 9.17) is 0 Å². The molecule has 1 unspecified atom stereocenters. The average Bonchev–Trinajstić information content (AvgIpc) is 2.33. The van der Waals surface area contributed by atoms with Crippen molar-refractivity contribution in [1.82, 2.24) is 5.32 Å². The van der Waals surface area contributed by atoms with E-state index in [0.717, 1.165) is 25.8 Å². The molecule has 1 atom stereocenters. The fourth-order valence-electron chi connectivity index (χ4n) is 2.07. The van der Waals surface area contributed by atoms with Gasteiger partial charge in [0, 0.05) is 0 Å². The summed E-state index contributed by atoms with van der Waals surface area (Å²) in [4.78, 5) is 12.1. The van der Waals surface area contributed by atoms with Crippen LogP contribution in [0.4, 0.5) is 10.1 Å². The Balaban J connectivity index is 0.00000162. The van der Waals surface area contributed by atoms with Crippen LogP contribution in [0.3, 0.4) is 0 Å². The summed E-state index contributed by atoms with van der Waals surface area (Å²) in [6, 6.07) is 6.21. The number of hydrogen-bond acceptors (Lipinski definition) is 2. The van der Waals surface area contributed by atoms with Gasteiger partial charge in [-0.1, -0.05) is 12.1 Å². The summed E-state index contributed by atoms with van der Waals surface area (Å²) in [7, 11) is 0. The molecule has 1 amide bonds. The molecule has 0 aliphatic carbocycles. The van der Waals surface area contributed by atoms with Crippen LogP contribution in [0.5, 0.6) is 0 Å². The maximum atomic E-state index is 13.4. The predicted octanol–water partition coefficient (Wildman–Crippen LogP) is 2.72. The summed E-state index contributed by atoms with van der Waals surface area (Å²) < 4.78 is 13.4. The van der Waals surface area contributed by atoms with Crippen molar-refractivity contribution >= 4 is 24.0 Å². The van der Waals surface area contributed by atoms with E-state index in [9.17, 15) is 9.18 Å². The van der Waals surface area contributed by atoms with Crippen LogP contribution in [0.25, 0.3) is 0 Å². The van der Waals surface area contributed by atoms with E-state index in [0.29, 0.717) is 0 Å². The maximum absolute atomic E-state index is 13.4. The number of para-hydroxylation sites is 1. The zero-order valence-corrected chi connectivity index (χ0v) is 11.1. The number of piperidine rings is 1. The topological polar surface area (TPSA) is 41.1 Å². The van der Waals surface area contributed by atoms with E-state index in [1.54, 1.807) is 18.2 Å². The minimum atomic E-state index is -0.583. The molecule has 5 heteroatoms. The van der Waals surface area contributed by atoms with E-state index in [2.05, 4.69) is 10.6 Å². The van der Waals surface area contributed by atoms with Gasteiger partial charge in [-0.3, -0.25) is 4.79 Å². The van der Waals surface area contributed by atoms with Crippen molar-refractivity contribution in [2.24, 2.45) is 0 Å². The van der Waals surface area contributed by atoms with Gasteiger partial charge in [-0.25, -0.2) is 4.39 Å². The highest BCUT2D eigenvalue weighted by atomic mass is 35.5. The molecule has 100 valence electrons. The van der Waals surface area contributed by atoms with Crippen molar-refractivity contribution in [2.45, 2.75) is 31.7 Å². The Kier molecular flexibility index (Phi) is 5.11. The van der Waals surface area contributed by atoms with E-state index in [1.165, 1.54) is 6.07 Å². The number of amides is 1. The van der Waals surface area contributed by atoms with Crippen LogP contribution in [0.2, 0.25) is 0 Å². The highest BCUT2D eigenvalue weighted by Crippen LogP contribution is 2.21. The zero-order valence-electron chi connectivity index (χ0n) is 10.3. The first kappa shape index (κ1) is 14.9. The molecule has 0 saturated carbocycles. The van der Waals surface area contributed by atoms with Gasteiger partial charge < -0.3 is 10.6 Å². The third-order valence-corrected chi connectivity index (χ3v) is 3.24. The van der Waals surface area contributed by atoms with Crippen molar-refractivity contribution in [3.05, 3.63) is 30.1 Å². The van der Waals surface area contributed by atoms with Gasteiger partial charge in [0.15, 0.2) is 0 Å². The lowest BCUT2D eigenvalue weighted by atomic mass is 9.90. The molecule has 0 aromatic heterocycles. The van der Waals surface area contributed by atoms with Gasteiger partial charge >= 0.3 is 0 Å². The van der Waals surface area contributed by atoms with Crippen LogP contribution in [0.1, 0.15) is 26.2 Å². The predicted molar refractivity (Wildman–Crippen MR) is 72.5 cm³/mol. The monoisotopic (exact) mass is 272 g/mol. The van der Waals surface area contributed by atoms with Crippen LogP contribution in [0.15, 0.2) is 24.3 Å². The molecule has 1 saturated heterocycles. The van der Waals surface area contributed by atoms with Crippen LogP contribution >= 0.6 is 12.4 Å². The van der Waals surface area contributed by atoms with E-state index < -0.39 is 11.4 Å². The van der Waals surface area contributed by atoms with Crippen LogP contribution in [0, 0.1) is 5.82 Å². The fourth-order valence-corrected chi connectivity index (χ4v) is 2.07. The molecular weight excluding hydrogens is 255 g/mol. The number of anilines is 1. The van der Waals surface area contributed by atoms with E-state index >= 15 is 0 Å². The second-order valence-corrected chi connectivity index (χ2v) is 4.65. The van der Waals surface area contributed by atoms with Crippen molar-refractivity contribution in [1.29, 1.82) is 0 Å². The number of benzene rings is 1. The van der Waals surface area contributed by atoms with Gasteiger partial charge in [-0.2, -0.15) is 0 Å². The summed E-state index contributed by atoms with van der Waals surface area (Å²) in [5, 5.41) is 5.84. The van der Waals surface area contributed by atoms with Gasteiger partial charge in [-0.05, 0) is 44.9 Å². The third-order valence-electron chi connectivity index (χ3n) is 3.24. The van der Waals surface area contributed by atoms with Crippen molar-refractivity contribution in [3.8, 4) is 0 Å². The number of nitrogens with one attached hydrogen (secondary N) is 2. The van der Waals surface area contributed by atoms with Gasteiger partial charge in [0.1, 0.15) is 5.82 Å². The molecule has 2 rings (SSSR count). The zero-order chi connectivity index (χ0) is 12.3. The van der Waals surface area contributed by atoms with Crippen molar-refractivity contribution < 1.29 is 9.18 Å². The number of carbonyl (C=O) groups is 1. The fraction of sp³-hybridized carbons (Fsp3) is 0.462. The second kappa shape index (κ2) is 6.16. The lowest BCUT2D eigenvalue weighted by molar-refractivity contribution is -0.122. The van der Waals surface area contributed by atoms with Crippen LogP contribution in [-0.2, 0) is 4.79 Å². The number of rotatable bonds is 2. The van der Waals surface area contributed by atoms with Crippen molar-refractivity contribution in [3.63, 3.8) is 0 Å². The van der Waals surface area contributed by atoms with Gasteiger partial charge in [-0.15, -0.1) is 12.4 Å². The highest BCUT2D eigenvalue weighted by molar-refractivity contribution is 5.97. The lowest BCUT2D eigenvalue weighted by Gasteiger charge is -2.33. The molecule has 1 fully saturated rings. The Morgan fingerprint density at radius 2 is 2.11 bits per heavy atom. The molecule has 2 N–H and O–H groups in total. The maximum Gasteiger partial charge on any atom is 0.244 e. The normalized spacial score (nSPS) is 23.0. The Hall–Kier alpha value is -1.13. The van der Waals surface area contributed by atoms with Gasteiger partial charge in [0.2, 0.25) is 5.91 Å². The Bertz CT molecular complexity index is 419. The van der Waals surface area contributed by atoms with E-state index in [1.807, 2.05) is 6.92 Å². The summed E-state index contributed by atoms with van der Waals surface area (Å²) in [6.45, 7) is 2.70. The van der Waals surface area contributed by atoms with Gasteiger partial charge in [0.25, 0.3) is 0 Å². The SMILES string of the molecule is CC1(C(=O)Nc2ccccc2F)CCCCN1.Cl. The van der Waals surface area contributed by atoms with Crippen molar-refractivity contribution in [2.75, 3.05) is 11.9 Å². The average molecular weight is 273 g/mol. The first-order valence-corrected chi connectivity index (χ1v) is 5.93. The lowest BCUT2D eigenvalue weighted by Crippen LogP contribution is -2.54. The smallest absolute Gasteiger partial charge is 0.244 e. The molecule has 0 radical (unpaired) electrons. The number of halogens is 2. The molecule has 0 bridgehead atoms. The van der Waals surface area contributed by atoms with Crippen LogP contribution in [-0.4, -0.2) is 18.0 Å². The standard InChI is InChI=1S/C13H17FN2O.ClH/c1-13(8-4-5-9-15-13)12(17)16-11-7-3-2-6-10(11)14;/h2-3,6-7,15H,4-5,8-9H2,1H3,(H,16,17);1H. The molecule has 18 heavy (non-hydrogen) atoms. The molecule has 1 aliphatic rings. The second-order valence-electron chi connectivity index (χ2n) is 4.65. The number of carbonyl (C=O) groups excluding carboxylic acids is 1. The Morgan fingerprint density at radius 3 is 2.72 bits per heavy atom. The molecule has 1 heterocycles. The summed E-state index contributed by atoms with van der Waals surface area (Å²) >= 11 is 0. The molecule has 3 nitrogen and oxygen atoms in total. The molecule has 1 aromatic rings. The summed E-state index contributed by atoms with van der Waals surface area (Å²) in [5.41, 5.74) is -0.341. The minimum absolute atomic E-state index is 0. The quantitative estimate of drug-likeness (QED) is 0.869. The largest absolute Gasteiger partial charge is 0.322 e. The molecule has 1 aromatic carbocycles.